The van der Waals surface area contributed by atoms with Crippen LogP contribution in [0.1, 0.15) is 0 Å². The third-order valence-corrected chi connectivity index (χ3v) is 0.540. The zero-order chi connectivity index (χ0) is 5.33. The molecule has 0 spiro atoms. The molecule has 0 aromatic heterocycles. The number of nitrogens with one attached hydrogen (secondary N) is 1. The first kappa shape index (κ1) is 4.52. The van der Waals surface area contributed by atoms with Gasteiger partial charge in [-0.05, 0) is 0 Å². The molecule has 1 aliphatic rings. The summed E-state index contributed by atoms with van der Waals surface area (Å²) >= 11 is 0. The minimum atomic E-state index is -2.96. The standard InChI is InChI=1S/C3H3F2NO/c4-3(5)1-2-7-6-3/h1-2,6H. The highest BCUT2D eigenvalue weighted by molar-refractivity contribution is 4.90. The monoisotopic (exact) mass is 107 g/mol. The van der Waals surface area contributed by atoms with Crippen LogP contribution in [0.4, 0.5) is 8.78 Å². The highest BCUT2D eigenvalue weighted by Crippen LogP contribution is 2.14. The molecular weight excluding hydrogens is 104 g/mol. The summed E-state index contributed by atoms with van der Waals surface area (Å²) in [4.78, 5) is 3.98. The van der Waals surface area contributed by atoms with Gasteiger partial charge in [0.2, 0.25) is 0 Å². The van der Waals surface area contributed by atoms with Crippen LogP contribution in [-0.2, 0) is 4.84 Å². The first-order valence-electron chi connectivity index (χ1n) is 1.69. The molecular formula is C3H3F2NO. The maximum Gasteiger partial charge on any atom is 0.355 e. The summed E-state index contributed by atoms with van der Waals surface area (Å²) < 4.78 is 23.2. The molecule has 0 saturated carbocycles. The summed E-state index contributed by atoms with van der Waals surface area (Å²) in [7, 11) is 0. The van der Waals surface area contributed by atoms with E-state index in [9.17, 15) is 8.78 Å². The quantitative estimate of drug-likeness (QED) is 0.458. The summed E-state index contributed by atoms with van der Waals surface area (Å²) in [6.07, 6.45) is 1.53. The second kappa shape index (κ2) is 1.16. The van der Waals surface area contributed by atoms with Gasteiger partial charge in [0.1, 0.15) is 6.26 Å². The zero-order valence-electron chi connectivity index (χ0n) is 3.32. The largest absolute Gasteiger partial charge is 0.411 e. The van der Waals surface area contributed by atoms with Crippen LogP contribution in [0.5, 0.6) is 0 Å². The second-order valence-electron chi connectivity index (χ2n) is 1.15. The lowest BCUT2D eigenvalue weighted by atomic mass is 10.6. The molecule has 1 N–H and O–H groups in total. The van der Waals surface area contributed by atoms with E-state index in [1.165, 1.54) is 5.48 Å². The SMILES string of the molecule is FC1(F)C=CON1. The van der Waals surface area contributed by atoms with Gasteiger partial charge in [0.05, 0.1) is 0 Å². The highest BCUT2D eigenvalue weighted by Gasteiger charge is 2.28. The summed E-state index contributed by atoms with van der Waals surface area (Å²) in [6, 6.07) is -2.96. The molecule has 1 rings (SSSR count). The van der Waals surface area contributed by atoms with E-state index < -0.39 is 6.05 Å². The first-order valence-corrected chi connectivity index (χ1v) is 1.69. The van der Waals surface area contributed by atoms with Gasteiger partial charge in [-0.1, -0.05) is 5.48 Å². The Morgan fingerprint density at radius 2 is 2.29 bits per heavy atom. The Labute approximate surface area is 38.7 Å². The predicted molar refractivity (Wildman–Crippen MR) is 18.3 cm³/mol. The molecule has 0 amide bonds. The van der Waals surface area contributed by atoms with Crippen molar-refractivity contribution in [2.45, 2.75) is 6.05 Å². The Morgan fingerprint density at radius 3 is 2.43 bits per heavy atom. The second-order valence-corrected chi connectivity index (χ2v) is 1.15. The Balaban J connectivity index is 2.57. The molecule has 0 unspecified atom stereocenters. The number of alkyl halides is 2. The van der Waals surface area contributed by atoms with E-state index in [1.807, 2.05) is 0 Å². The van der Waals surface area contributed by atoms with Gasteiger partial charge in [-0.25, -0.2) is 0 Å². The van der Waals surface area contributed by atoms with Gasteiger partial charge in [-0.3, -0.25) is 0 Å². The van der Waals surface area contributed by atoms with Crippen molar-refractivity contribution < 1.29 is 13.6 Å². The maximum atomic E-state index is 11.6. The number of rotatable bonds is 0. The fraction of sp³-hybridized carbons (Fsp3) is 0.333. The number of hydrogen-bond donors (Lipinski definition) is 1. The van der Waals surface area contributed by atoms with Crippen molar-refractivity contribution in [3.8, 4) is 0 Å². The number of hydroxylamine groups is 1. The highest BCUT2D eigenvalue weighted by atomic mass is 19.3. The molecule has 0 bridgehead atoms. The zero-order valence-corrected chi connectivity index (χ0v) is 3.32. The Bertz CT molecular complexity index is 101. The molecule has 0 saturated heterocycles. The Morgan fingerprint density at radius 1 is 1.57 bits per heavy atom. The molecule has 0 aliphatic carbocycles. The minimum absolute atomic E-state index is 0.632. The molecule has 0 radical (unpaired) electrons. The molecule has 0 fully saturated rings. The van der Waals surface area contributed by atoms with E-state index in [0.717, 1.165) is 6.26 Å². The lowest BCUT2D eigenvalue weighted by Gasteiger charge is -2.01. The van der Waals surface area contributed by atoms with Gasteiger partial charge >= 0.3 is 6.05 Å². The van der Waals surface area contributed by atoms with Crippen LogP contribution in [0.3, 0.4) is 0 Å². The van der Waals surface area contributed by atoms with Gasteiger partial charge in [-0.15, -0.1) is 0 Å². The summed E-state index contributed by atoms with van der Waals surface area (Å²) in [6.45, 7) is 0. The van der Waals surface area contributed by atoms with E-state index in [-0.39, 0.29) is 0 Å². The van der Waals surface area contributed by atoms with Crippen LogP contribution in [0, 0.1) is 0 Å². The molecule has 0 aromatic rings. The number of halogens is 2. The third-order valence-electron chi connectivity index (χ3n) is 0.540. The normalized spacial score (nSPS) is 24.9. The third kappa shape index (κ3) is 0.866. The van der Waals surface area contributed by atoms with Gasteiger partial charge in [0, 0.05) is 6.08 Å². The van der Waals surface area contributed by atoms with Crippen molar-refractivity contribution in [2.24, 2.45) is 0 Å². The smallest absolute Gasteiger partial charge is 0.355 e. The van der Waals surface area contributed by atoms with Crippen LogP contribution in [0.25, 0.3) is 0 Å². The fourth-order valence-corrected chi connectivity index (χ4v) is 0.266. The Kier molecular flexibility index (Phi) is 0.751. The minimum Gasteiger partial charge on any atom is -0.411 e. The fourth-order valence-electron chi connectivity index (χ4n) is 0.266. The van der Waals surface area contributed by atoms with Crippen molar-refractivity contribution in [3.05, 3.63) is 12.3 Å². The molecule has 0 atom stereocenters. The van der Waals surface area contributed by atoms with Crippen molar-refractivity contribution in [3.63, 3.8) is 0 Å². The first-order chi connectivity index (χ1) is 3.21. The van der Waals surface area contributed by atoms with Gasteiger partial charge < -0.3 is 4.84 Å². The molecule has 1 aliphatic heterocycles. The lowest BCUT2D eigenvalue weighted by Crippen LogP contribution is -2.27. The molecule has 40 valence electrons. The van der Waals surface area contributed by atoms with Crippen LogP contribution < -0.4 is 5.48 Å². The predicted octanol–water partition coefficient (Wildman–Crippen LogP) is 0.628. The van der Waals surface area contributed by atoms with Crippen molar-refractivity contribution >= 4 is 0 Å². The maximum absolute atomic E-state index is 11.6. The molecule has 4 heteroatoms. The number of hydrogen-bond acceptors (Lipinski definition) is 2. The summed E-state index contributed by atoms with van der Waals surface area (Å²) in [5.74, 6) is 0. The van der Waals surface area contributed by atoms with E-state index in [4.69, 9.17) is 0 Å². The van der Waals surface area contributed by atoms with Crippen molar-refractivity contribution in [1.82, 2.24) is 5.48 Å². The topological polar surface area (TPSA) is 21.3 Å². The van der Waals surface area contributed by atoms with Crippen LogP contribution in [0.2, 0.25) is 0 Å². The van der Waals surface area contributed by atoms with E-state index >= 15 is 0 Å². The van der Waals surface area contributed by atoms with E-state index in [0.29, 0.717) is 6.08 Å². The molecule has 1 heterocycles. The van der Waals surface area contributed by atoms with Gasteiger partial charge in [0.15, 0.2) is 0 Å². The van der Waals surface area contributed by atoms with Crippen LogP contribution in [-0.4, -0.2) is 6.05 Å². The van der Waals surface area contributed by atoms with Crippen LogP contribution >= 0.6 is 0 Å². The van der Waals surface area contributed by atoms with Gasteiger partial charge in [-0.2, -0.15) is 8.78 Å². The average molecular weight is 107 g/mol. The molecule has 7 heavy (non-hydrogen) atoms. The van der Waals surface area contributed by atoms with Crippen molar-refractivity contribution in [2.75, 3.05) is 0 Å². The average Bonchev–Trinajstić information content (AvgIpc) is 1.84. The molecule has 0 aromatic carbocycles. The van der Waals surface area contributed by atoms with E-state index in [2.05, 4.69) is 4.84 Å². The van der Waals surface area contributed by atoms with Crippen molar-refractivity contribution in [1.29, 1.82) is 0 Å². The van der Waals surface area contributed by atoms with Gasteiger partial charge in [0.25, 0.3) is 0 Å². The summed E-state index contributed by atoms with van der Waals surface area (Å²) in [5.41, 5.74) is 1.45. The Hall–Kier alpha value is -0.640. The van der Waals surface area contributed by atoms with Crippen LogP contribution in [0.15, 0.2) is 12.3 Å². The molecule has 2 nitrogen and oxygen atoms in total. The lowest BCUT2D eigenvalue weighted by molar-refractivity contribution is -0.0673. The van der Waals surface area contributed by atoms with E-state index in [1.54, 1.807) is 0 Å². The summed E-state index contributed by atoms with van der Waals surface area (Å²) in [5, 5.41) is 0.